The van der Waals surface area contributed by atoms with Crippen LogP contribution < -0.4 is 0 Å². The molecule has 0 atom stereocenters. The fraction of sp³-hybridized carbons (Fsp3) is 0.0833. The first kappa shape index (κ1) is 12.4. The minimum Gasteiger partial charge on any atom is -0.478 e. The fourth-order valence-corrected chi connectivity index (χ4v) is 1.77. The Bertz CT molecular complexity index is 611. The molecule has 1 heterocycles. The summed E-state index contributed by atoms with van der Waals surface area (Å²) in [5.41, 5.74) is 0.590. The third kappa shape index (κ3) is 2.62. The van der Waals surface area contributed by atoms with Crippen LogP contribution in [0.3, 0.4) is 0 Å². The molecular weight excluding hydrogens is 259 g/mol. The van der Waals surface area contributed by atoms with Gasteiger partial charge in [-0.1, -0.05) is 11.6 Å². The van der Waals surface area contributed by atoms with Gasteiger partial charge in [0.25, 0.3) is 0 Å². The van der Waals surface area contributed by atoms with E-state index in [-0.39, 0.29) is 10.7 Å². The van der Waals surface area contributed by atoms with E-state index in [1.54, 1.807) is 6.92 Å². The Balaban J connectivity index is 2.59. The van der Waals surface area contributed by atoms with E-state index in [4.69, 9.17) is 16.7 Å². The Morgan fingerprint density at radius 2 is 2.00 bits per heavy atom. The molecule has 0 fully saturated rings. The van der Waals surface area contributed by atoms with Crippen molar-refractivity contribution in [2.45, 2.75) is 6.92 Å². The quantitative estimate of drug-likeness (QED) is 0.849. The molecule has 4 nitrogen and oxygen atoms in total. The molecule has 92 valence electrons. The topological polar surface area (TPSA) is 63.1 Å². The lowest BCUT2D eigenvalue weighted by atomic mass is 10.1. The van der Waals surface area contributed by atoms with E-state index in [9.17, 15) is 9.18 Å². The number of aromatic nitrogens is 2. The summed E-state index contributed by atoms with van der Waals surface area (Å²) < 4.78 is 13.3. The van der Waals surface area contributed by atoms with E-state index in [1.165, 1.54) is 18.2 Å². The van der Waals surface area contributed by atoms with E-state index in [2.05, 4.69) is 9.97 Å². The Labute approximate surface area is 107 Å². The summed E-state index contributed by atoms with van der Waals surface area (Å²) in [6, 6.07) is 4.94. The van der Waals surface area contributed by atoms with Crippen LogP contribution in [0.5, 0.6) is 0 Å². The zero-order valence-electron chi connectivity index (χ0n) is 9.32. The molecule has 1 aromatic heterocycles. The van der Waals surface area contributed by atoms with Crippen molar-refractivity contribution >= 4 is 17.6 Å². The van der Waals surface area contributed by atoms with Crippen molar-refractivity contribution in [1.29, 1.82) is 0 Å². The highest BCUT2D eigenvalue weighted by Crippen LogP contribution is 2.22. The van der Waals surface area contributed by atoms with Crippen LogP contribution in [0.2, 0.25) is 5.15 Å². The molecule has 6 heteroatoms. The molecule has 18 heavy (non-hydrogen) atoms. The SMILES string of the molecule is Cc1nc(Cl)cc(-c2cc(F)cc(C(=O)O)c2)n1. The maximum Gasteiger partial charge on any atom is 0.335 e. The normalized spacial score (nSPS) is 10.4. The summed E-state index contributed by atoms with van der Waals surface area (Å²) in [6.45, 7) is 1.65. The van der Waals surface area contributed by atoms with Gasteiger partial charge in [-0.15, -0.1) is 0 Å². The molecule has 1 aromatic carbocycles. The molecule has 0 aliphatic carbocycles. The zero-order chi connectivity index (χ0) is 13.3. The van der Waals surface area contributed by atoms with Crippen LogP contribution in [-0.2, 0) is 0 Å². The number of carboxylic acid groups (broad SMARTS) is 1. The number of hydrogen-bond acceptors (Lipinski definition) is 3. The Morgan fingerprint density at radius 3 is 2.61 bits per heavy atom. The molecule has 0 radical (unpaired) electrons. The molecule has 0 aliphatic rings. The van der Waals surface area contributed by atoms with Gasteiger partial charge < -0.3 is 5.11 Å². The van der Waals surface area contributed by atoms with Crippen molar-refractivity contribution in [3.8, 4) is 11.3 Å². The molecule has 0 aliphatic heterocycles. The van der Waals surface area contributed by atoms with Gasteiger partial charge in [-0.2, -0.15) is 0 Å². The fourth-order valence-electron chi connectivity index (χ4n) is 1.54. The van der Waals surface area contributed by atoms with Crippen molar-refractivity contribution in [2.75, 3.05) is 0 Å². The largest absolute Gasteiger partial charge is 0.478 e. The second-order valence-electron chi connectivity index (χ2n) is 3.66. The van der Waals surface area contributed by atoms with Gasteiger partial charge in [0.1, 0.15) is 16.8 Å². The van der Waals surface area contributed by atoms with Crippen molar-refractivity contribution in [2.24, 2.45) is 0 Å². The molecule has 0 saturated heterocycles. The summed E-state index contributed by atoms with van der Waals surface area (Å²) in [5, 5.41) is 9.09. The minimum absolute atomic E-state index is 0.141. The van der Waals surface area contributed by atoms with Gasteiger partial charge in [-0.25, -0.2) is 19.2 Å². The Morgan fingerprint density at radius 1 is 1.28 bits per heavy atom. The standard InChI is InChI=1S/C12H8ClFN2O2/c1-6-15-10(5-11(13)16-6)7-2-8(12(17)18)4-9(14)3-7/h2-5H,1H3,(H,17,18). The predicted octanol–water partition coefficient (Wildman–Crippen LogP) is 2.94. The molecule has 1 N–H and O–H groups in total. The molecule has 2 rings (SSSR count). The minimum atomic E-state index is -1.20. The van der Waals surface area contributed by atoms with Gasteiger partial charge in [-0.05, 0) is 25.1 Å². The monoisotopic (exact) mass is 266 g/mol. The Hall–Kier alpha value is -2.01. The van der Waals surface area contributed by atoms with Crippen LogP contribution >= 0.6 is 11.6 Å². The highest BCUT2D eigenvalue weighted by atomic mass is 35.5. The second-order valence-corrected chi connectivity index (χ2v) is 4.04. The number of rotatable bonds is 2. The zero-order valence-corrected chi connectivity index (χ0v) is 10.1. The number of carboxylic acids is 1. The number of benzene rings is 1. The summed E-state index contributed by atoms with van der Waals surface area (Å²) in [7, 11) is 0. The second kappa shape index (κ2) is 4.70. The molecule has 0 spiro atoms. The van der Waals surface area contributed by atoms with Crippen molar-refractivity contribution in [3.05, 3.63) is 46.6 Å². The van der Waals surface area contributed by atoms with Gasteiger partial charge in [0.05, 0.1) is 11.3 Å². The van der Waals surface area contributed by atoms with Crippen LogP contribution in [0, 0.1) is 12.7 Å². The maximum absolute atomic E-state index is 13.3. The predicted molar refractivity (Wildman–Crippen MR) is 64.1 cm³/mol. The lowest BCUT2D eigenvalue weighted by molar-refractivity contribution is 0.0696. The average molecular weight is 267 g/mol. The van der Waals surface area contributed by atoms with Crippen molar-refractivity contribution in [3.63, 3.8) is 0 Å². The highest BCUT2D eigenvalue weighted by Gasteiger charge is 2.10. The van der Waals surface area contributed by atoms with Crippen LogP contribution in [0.4, 0.5) is 4.39 Å². The summed E-state index contributed by atoms with van der Waals surface area (Å²) in [5.74, 6) is -1.41. The molecular formula is C12H8ClFN2O2. The third-order valence-electron chi connectivity index (χ3n) is 2.25. The molecule has 0 bridgehead atoms. The van der Waals surface area contributed by atoms with Crippen LogP contribution in [-0.4, -0.2) is 21.0 Å². The van der Waals surface area contributed by atoms with Crippen LogP contribution in [0.15, 0.2) is 24.3 Å². The van der Waals surface area contributed by atoms with Crippen LogP contribution in [0.25, 0.3) is 11.3 Å². The van der Waals surface area contributed by atoms with Crippen LogP contribution in [0.1, 0.15) is 16.2 Å². The average Bonchev–Trinajstić information content (AvgIpc) is 2.26. The highest BCUT2D eigenvalue weighted by molar-refractivity contribution is 6.29. The summed E-state index contributed by atoms with van der Waals surface area (Å²) >= 11 is 5.78. The number of aryl methyl sites for hydroxylation is 1. The van der Waals surface area contributed by atoms with Gasteiger partial charge in [0, 0.05) is 11.6 Å². The Kier molecular flexibility index (Phi) is 3.25. The lowest BCUT2D eigenvalue weighted by Gasteiger charge is -2.04. The van der Waals surface area contributed by atoms with Gasteiger partial charge in [-0.3, -0.25) is 0 Å². The number of carbonyl (C=O) groups is 1. The smallest absolute Gasteiger partial charge is 0.335 e. The van der Waals surface area contributed by atoms with Crippen molar-refractivity contribution in [1.82, 2.24) is 9.97 Å². The first-order valence-electron chi connectivity index (χ1n) is 5.01. The number of nitrogens with zero attached hydrogens (tertiary/aromatic N) is 2. The van der Waals surface area contributed by atoms with Gasteiger partial charge in [0.15, 0.2) is 0 Å². The van der Waals surface area contributed by atoms with E-state index >= 15 is 0 Å². The maximum atomic E-state index is 13.3. The number of halogens is 2. The first-order valence-corrected chi connectivity index (χ1v) is 5.39. The summed E-state index contributed by atoms with van der Waals surface area (Å²) in [4.78, 5) is 18.8. The molecule has 0 unspecified atom stereocenters. The van der Waals surface area contributed by atoms with E-state index in [0.29, 0.717) is 17.1 Å². The van der Waals surface area contributed by atoms with E-state index in [1.807, 2.05) is 0 Å². The third-order valence-corrected chi connectivity index (χ3v) is 2.44. The lowest BCUT2D eigenvalue weighted by Crippen LogP contribution is -1.99. The summed E-state index contributed by atoms with van der Waals surface area (Å²) in [6.07, 6.45) is 0. The van der Waals surface area contributed by atoms with E-state index in [0.717, 1.165) is 6.07 Å². The molecule has 0 saturated carbocycles. The molecule has 0 amide bonds. The van der Waals surface area contributed by atoms with E-state index < -0.39 is 11.8 Å². The molecule has 2 aromatic rings. The first-order chi connectivity index (χ1) is 8.45. The van der Waals surface area contributed by atoms with Crippen molar-refractivity contribution < 1.29 is 14.3 Å². The van der Waals surface area contributed by atoms with Gasteiger partial charge >= 0.3 is 5.97 Å². The van der Waals surface area contributed by atoms with Gasteiger partial charge in [0.2, 0.25) is 0 Å². The number of hydrogen-bond donors (Lipinski definition) is 1. The number of aromatic carboxylic acids is 1.